The first-order valence-corrected chi connectivity index (χ1v) is 4.80. The van der Waals surface area contributed by atoms with Gasteiger partial charge in [-0.2, -0.15) is 10.1 Å². The summed E-state index contributed by atoms with van der Waals surface area (Å²) in [6.45, 7) is 0.413. The van der Waals surface area contributed by atoms with Crippen LogP contribution in [0.2, 0.25) is 0 Å². The zero-order chi connectivity index (χ0) is 11.4. The minimum absolute atomic E-state index is 0.349. The van der Waals surface area contributed by atoms with Gasteiger partial charge in [-0.3, -0.25) is 0 Å². The third-order valence-electron chi connectivity index (χ3n) is 2.17. The van der Waals surface area contributed by atoms with Crippen molar-refractivity contribution in [1.29, 1.82) is 0 Å². The largest absolute Gasteiger partial charge is 0.497 e. The molecule has 2 rings (SSSR count). The number of aromatic nitrogens is 3. The molecule has 0 fully saturated rings. The summed E-state index contributed by atoms with van der Waals surface area (Å²) >= 11 is 0. The van der Waals surface area contributed by atoms with Crippen LogP contribution in [0.15, 0.2) is 41.5 Å². The van der Waals surface area contributed by atoms with E-state index in [0.29, 0.717) is 6.54 Å². The van der Waals surface area contributed by atoms with E-state index in [1.54, 1.807) is 7.11 Å². The molecule has 0 N–H and O–H groups in total. The van der Waals surface area contributed by atoms with Gasteiger partial charge in [0.2, 0.25) is 0 Å². The molecule has 16 heavy (non-hydrogen) atoms. The highest BCUT2D eigenvalue weighted by Crippen LogP contribution is 2.11. The Bertz CT molecular complexity index is 519. The van der Waals surface area contributed by atoms with Gasteiger partial charge in [0.25, 0.3) is 0 Å². The first kappa shape index (κ1) is 10.4. The van der Waals surface area contributed by atoms with E-state index in [9.17, 15) is 4.79 Å². The smallest absolute Gasteiger partial charge is 0.364 e. The number of benzene rings is 1. The lowest BCUT2D eigenvalue weighted by atomic mass is 10.2. The number of methoxy groups -OCH3 is 1. The SMILES string of the molecule is COc1ccc(Cn2nccnc2=O)cc1. The van der Waals surface area contributed by atoms with Crippen molar-refractivity contribution in [2.24, 2.45) is 0 Å². The van der Waals surface area contributed by atoms with Gasteiger partial charge >= 0.3 is 5.69 Å². The lowest BCUT2D eigenvalue weighted by molar-refractivity contribution is 0.414. The third kappa shape index (κ3) is 2.25. The van der Waals surface area contributed by atoms with Crippen LogP contribution >= 0.6 is 0 Å². The molecule has 5 nitrogen and oxygen atoms in total. The summed E-state index contributed by atoms with van der Waals surface area (Å²) in [6, 6.07) is 7.47. The minimum Gasteiger partial charge on any atom is -0.497 e. The molecule has 1 aromatic heterocycles. The lowest BCUT2D eigenvalue weighted by Gasteiger charge is -2.04. The molecular weight excluding hydrogens is 206 g/mol. The highest BCUT2D eigenvalue weighted by Gasteiger charge is 1.99. The number of rotatable bonds is 3. The molecule has 0 aliphatic rings. The van der Waals surface area contributed by atoms with Crippen molar-refractivity contribution in [3.63, 3.8) is 0 Å². The average Bonchev–Trinajstić information content (AvgIpc) is 2.33. The predicted octanol–water partition coefficient (Wildman–Crippen LogP) is 0.695. The zero-order valence-electron chi connectivity index (χ0n) is 8.83. The van der Waals surface area contributed by atoms with Crippen LogP contribution in [-0.2, 0) is 6.54 Å². The van der Waals surface area contributed by atoms with Gasteiger partial charge < -0.3 is 4.74 Å². The summed E-state index contributed by atoms with van der Waals surface area (Å²) in [5.74, 6) is 0.787. The molecule has 0 aliphatic heterocycles. The van der Waals surface area contributed by atoms with Crippen LogP contribution in [0.5, 0.6) is 5.75 Å². The monoisotopic (exact) mass is 217 g/mol. The Morgan fingerprint density at radius 2 is 2.00 bits per heavy atom. The highest BCUT2D eigenvalue weighted by molar-refractivity contribution is 5.27. The number of hydrogen-bond acceptors (Lipinski definition) is 4. The number of hydrogen-bond donors (Lipinski definition) is 0. The Hall–Kier alpha value is -2.17. The Morgan fingerprint density at radius 3 is 2.62 bits per heavy atom. The Balaban J connectivity index is 2.21. The molecule has 0 amide bonds. The van der Waals surface area contributed by atoms with Gasteiger partial charge in [0.15, 0.2) is 0 Å². The van der Waals surface area contributed by atoms with Gasteiger partial charge in [-0.25, -0.2) is 9.48 Å². The lowest BCUT2D eigenvalue weighted by Crippen LogP contribution is -2.24. The quantitative estimate of drug-likeness (QED) is 0.759. The molecule has 0 spiro atoms. The van der Waals surface area contributed by atoms with Crippen molar-refractivity contribution in [1.82, 2.24) is 14.8 Å². The summed E-state index contributed by atoms with van der Waals surface area (Å²) in [7, 11) is 1.61. The van der Waals surface area contributed by atoms with Gasteiger partial charge in [-0.15, -0.1) is 0 Å². The standard InChI is InChI=1S/C11H11N3O2/c1-16-10-4-2-9(3-5-10)8-14-11(15)12-6-7-13-14/h2-7H,8H2,1H3. The van der Waals surface area contributed by atoms with Crippen LogP contribution in [0.1, 0.15) is 5.56 Å². The van der Waals surface area contributed by atoms with Gasteiger partial charge in [0.1, 0.15) is 5.75 Å². The number of ether oxygens (including phenoxy) is 1. The molecule has 1 heterocycles. The molecular formula is C11H11N3O2. The molecule has 0 unspecified atom stereocenters. The molecule has 0 aliphatic carbocycles. The van der Waals surface area contributed by atoms with E-state index < -0.39 is 0 Å². The van der Waals surface area contributed by atoms with Crippen molar-refractivity contribution in [3.8, 4) is 5.75 Å². The van der Waals surface area contributed by atoms with Crippen molar-refractivity contribution < 1.29 is 4.74 Å². The van der Waals surface area contributed by atoms with Crippen LogP contribution in [-0.4, -0.2) is 21.9 Å². The van der Waals surface area contributed by atoms with Crippen molar-refractivity contribution in [2.45, 2.75) is 6.54 Å². The highest BCUT2D eigenvalue weighted by atomic mass is 16.5. The van der Waals surface area contributed by atoms with Gasteiger partial charge in [-0.05, 0) is 17.7 Å². The average molecular weight is 217 g/mol. The van der Waals surface area contributed by atoms with Crippen LogP contribution in [0.25, 0.3) is 0 Å². The molecule has 0 radical (unpaired) electrons. The Labute approximate surface area is 92.3 Å². The van der Waals surface area contributed by atoms with Crippen molar-refractivity contribution >= 4 is 0 Å². The van der Waals surface area contributed by atoms with Gasteiger partial charge in [0, 0.05) is 0 Å². The summed E-state index contributed by atoms with van der Waals surface area (Å²) in [5, 5.41) is 3.93. The van der Waals surface area contributed by atoms with Crippen LogP contribution < -0.4 is 10.4 Å². The summed E-state index contributed by atoms with van der Waals surface area (Å²) < 4.78 is 6.35. The fourth-order valence-electron chi connectivity index (χ4n) is 1.34. The van der Waals surface area contributed by atoms with E-state index in [1.807, 2.05) is 24.3 Å². The molecule has 0 atom stereocenters. The first-order valence-electron chi connectivity index (χ1n) is 4.80. The molecule has 82 valence electrons. The maximum Gasteiger partial charge on any atom is 0.364 e. The first-order chi connectivity index (χ1) is 7.79. The van der Waals surface area contributed by atoms with E-state index in [0.717, 1.165) is 11.3 Å². The van der Waals surface area contributed by atoms with Crippen LogP contribution in [0.4, 0.5) is 0 Å². The van der Waals surface area contributed by atoms with E-state index in [-0.39, 0.29) is 5.69 Å². The second-order valence-corrected chi connectivity index (χ2v) is 3.23. The minimum atomic E-state index is -0.349. The van der Waals surface area contributed by atoms with E-state index in [1.165, 1.54) is 17.1 Å². The van der Waals surface area contributed by atoms with Crippen molar-refractivity contribution in [3.05, 3.63) is 52.7 Å². The Kier molecular flexibility index (Phi) is 2.95. The third-order valence-corrected chi connectivity index (χ3v) is 2.17. The fraction of sp³-hybridized carbons (Fsp3) is 0.182. The van der Waals surface area contributed by atoms with E-state index >= 15 is 0 Å². The Morgan fingerprint density at radius 1 is 1.25 bits per heavy atom. The van der Waals surface area contributed by atoms with Crippen LogP contribution in [0.3, 0.4) is 0 Å². The summed E-state index contributed by atoms with van der Waals surface area (Å²) in [5.41, 5.74) is 0.627. The van der Waals surface area contributed by atoms with Crippen LogP contribution in [0, 0.1) is 0 Å². The second-order valence-electron chi connectivity index (χ2n) is 3.23. The van der Waals surface area contributed by atoms with E-state index in [4.69, 9.17) is 4.74 Å². The normalized spacial score (nSPS) is 10.1. The molecule has 0 saturated carbocycles. The summed E-state index contributed by atoms with van der Waals surface area (Å²) in [6.07, 6.45) is 2.87. The van der Waals surface area contributed by atoms with Gasteiger partial charge in [-0.1, -0.05) is 12.1 Å². The zero-order valence-corrected chi connectivity index (χ0v) is 8.83. The topological polar surface area (TPSA) is 57.0 Å². The molecule has 0 bridgehead atoms. The maximum absolute atomic E-state index is 11.3. The maximum atomic E-state index is 11.3. The van der Waals surface area contributed by atoms with Gasteiger partial charge in [0.05, 0.1) is 26.0 Å². The molecule has 0 saturated heterocycles. The molecule has 5 heteroatoms. The second kappa shape index (κ2) is 4.57. The number of nitrogens with zero attached hydrogens (tertiary/aromatic N) is 3. The van der Waals surface area contributed by atoms with Crippen molar-refractivity contribution in [2.75, 3.05) is 7.11 Å². The molecule has 2 aromatic rings. The van der Waals surface area contributed by atoms with E-state index in [2.05, 4.69) is 10.1 Å². The predicted molar refractivity (Wildman–Crippen MR) is 58.4 cm³/mol. The fourth-order valence-corrected chi connectivity index (χ4v) is 1.34. The summed E-state index contributed by atoms with van der Waals surface area (Å²) in [4.78, 5) is 14.9. The molecule has 1 aromatic carbocycles.